The lowest BCUT2D eigenvalue weighted by molar-refractivity contribution is -0.150. The molecule has 0 aliphatic heterocycles. The number of carbonyl (C=O) groups excluding carboxylic acids is 1. The van der Waals surface area contributed by atoms with Crippen LogP contribution in [-0.2, 0) is 9.53 Å². The first-order valence-electron chi connectivity index (χ1n) is 6.47. The number of rotatable bonds is 3. The zero-order valence-corrected chi connectivity index (χ0v) is 11.8. The van der Waals surface area contributed by atoms with Crippen LogP contribution in [0, 0.1) is 28.1 Å². The fraction of sp³-hybridized carbons (Fsp3) is 0.500. The molecule has 0 radical (unpaired) electrons. The van der Waals surface area contributed by atoms with Gasteiger partial charge in [0.15, 0.2) is 0 Å². The number of nitriles is 1. The molecule has 0 aromatic heterocycles. The highest BCUT2D eigenvalue weighted by Crippen LogP contribution is 2.68. The van der Waals surface area contributed by atoms with Crippen molar-refractivity contribution in [1.82, 2.24) is 0 Å². The van der Waals surface area contributed by atoms with Crippen LogP contribution in [-0.4, -0.2) is 5.97 Å². The number of ether oxygens (including phenoxy) is 1. The predicted octanol–water partition coefficient (Wildman–Crippen LogP) is 3.48. The van der Waals surface area contributed by atoms with E-state index in [1.165, 1.54) is 0 Å². The van der Waals surface area contributed by atoms with Gasteiger partial charge < -0.3 is 4.74 Å². The maximum atomic E-state index is 12.2. The Bertz CT molecular complexity index is 511. The standard InChI is InChI=1S/C16H19NO2/c1-15(2)13(16(15,3)4)14(18)19-12(10-17)11-8-6-5-7-9-11/h5-9,12-13H,1-4H3. The van der Waals surface area contributed by atoms with Crippen LogP contribution >= 0.6 is 0 Å². The second-order valence-electron chi connectivity index (χ2n) is 6.23. The minimum atomic E-state index is -0.819. The van der Waals surface area contributed by atoms with Crippen LogP contribution in [0.2, 0.25) is 0 Å². The highest BCUT2D eigenvalue weighted by atomic mass is 16.5. The van der Waals surface area contributed by atoms with E-state index in [4.69, 9.17) is 10.00 Å². The van der Waals surface area contributed by atoms with Gasteiger partial charge in [0.2, 0.25) is 6.10 Å². The van der Waals surface area contributed by atoms with Gasteiger partial charge in [-0.05, 0) is 10.8 Å². The zero-order valence-electron chi connectivity index (χ0n) is 11.8. The highest BCUT2D eigenvalue weighted by Gasteiger charge is 2.69. The lowest BCUT2D eigenvalue weighted by Crippen LogP contribution is -2.15. The predicted molar refractivity (Wildman–Crippen MR) is 71.9 cm³/mol. The SMILES string of the molecule is CC1(C)C(C(=O)OC(C#N)c2ccccc2)C1(C)C. The molecule has 0 bridgehead atoms. The number of esters is 1. The summed E-state index contributed by atoms with van der Waals surface area (Å²) in [4.78, 5) is 12.2. The van der Waals surface area contributed by atoms with Gasteiger partial charge in [-0.1, -0.05) is 58.0 Å². The normalized spacial score (nSPS) is 21.2. The Morgan fingerprint density at radius 3 is 2.16 bits per heavy atom. The molecule has 2 rings (SSSR count). The molecule has 0 amide bonds. The molecule has 0 heterocycles. The Morgan fingerprint density at radius 2 is 1.74 bits per heavy atom. The average molecular weight is 257 g/mol. The monoisotopic (exact) mass is 257 g/mol. The summed E-state index contributed by atoms with van der Waals surface area (Å²) in [5.41, 5.74) is 0.580. The Balaban J connectivity index is 2.10. The maximum Gasteiger partial charge on any atom is 0.311 e. The van der Waals surface area contributed by atoms with Gasteiger partial charge >= 0.3 is 5.97 Å². The minimum Gasteiger partial charge on any atom is -0.442 e. The molecule has 0 saturated heterocycles. The molecule has 1 atom stereocenters. The molecule has 1 aliphatic rings. The number of nitrogens with zero attached hydrogens (tertiary/aromatic N) is 1. The summed E-state index contributed by atoms with van der Waals surface area (Å²) in [5, 5.41) is 9.16. The van der Waals surface area contributed by atoms with Crippen molar-refractivity contribution in [3.63, 3.8) is 0 Å². The summed E-state index contributed by atoms with van der Waals surface area (Å²) in [7, 11) is 0. The van der Waals surface area contributed by atoms with Crippen molar-refractivity contribution in [2.75, 3.05) is 0 Å². The van der Waals surface area contributed by atoms with Crippen molar-refractivity contribution in [3.8, 4) is 6.07 Å². The summed E-state index contributed by atoms with van der Waals surface area (Å²) in [5.74, 6) is -0.412. The van der Waals surface area contributed by atoms with Gasteiger partial charge in [-0.25, -0.2) is 0 Å². The lowest BCUT2D eigenvalue weighted by atomic mass is 10.0. The van der Waals surface area contributed by atoms with Gasteiger partial charge in [-0.2, -0.15) is 5.26 Å². The van der Waals surface area contributed by atoms with Gasteiger partial charge in [0, 0.05) is 5.56 Å². The zero-order chi connectivity index (χ0) is 14.3. The van der Waals surface area contributed by atoms with Crippen LogP contribution in [0.3, 0.4) is 0 Å². The number of benzene rings is 1. The van der Waals surface area contributed by atoms with E-state index in [0.29, 0.717) is 0 Å². The van der Waals surface area contributed by atoms with Crippen LogP contribution in [0.5, 0.6) is 0 Å². The van der Waals surface area contributed by atoms with E-state index in [9.17, 15) is 4.79 Å². The lowest BCUT2D eigenvalue weighted by Gasteiger charge is -2.12. The molecule has 0 spiro atoms. The molecular weight excluding hydrogens is 238 g/mol. The highest BCUT2D eigenvalue weighted by molar-refractivity contribution is 5.79. The average Bonchev–Trinajstić information content (AvgIpc) is 2.77. The molecule has 19 heavy (non-hydrogen) atoms. The Kier molecular flexibility index (Phi) is 3.14. The Hall–Kier alpha value is -1.82. The van der Waals surface area contributed by atoms with Gasteiger partial charge in [-0.3, -0.25) is 4.79 Å². The largest absolute Gasteiger partial charge is 0.442 e. The molecule has 3 heteroatoms. The summed E-state index contributed by atoms with van der Waals surface area (Å²) >= 11 is 0. The van der Waals surface area contributed by atoms with Crippen LogP contribution in [0.15, 0.2) is 30.3 Å². The quantitative estimate of drug-likeness (QED) is 0.779. The van der Waals surface area contributed by atoms with E-state index in [1.807, 2.05) is 24.3 Å². The summed E-state index contributed by atoms with van der Waals surface area (Å²) in [6.07, 6.45) is -0.819. The number of carbonyl (C=O) groups is 1. The fourth-order valence-electron chi connectivity index (χ4n) is 2.77. The van der Waals surface area contributed by atoms with Crippen molar-refractivity contribution >= 4 is 5.97 Å². The van der Waals surface area contributed by atoms with Crippen molar-refractivity contribution in [1.29, 1.82) is 5.26 Å². The first-order chi connectivity index (χ1) is 8.82. The van der Waals surface area contributed by atoms with Crippen molar-refractivity contribution in [2.45, 2.75) is 33.8 Å². The molecule has 3 nitrogen and oxygen atoms in total. The van der Waals surface area contributed by atoms with E-state index < -0.39 is 6.10 Å². The summed E-state index contributed by atoms with van der Waals surface area (Å²) < 4.78 is 5.38. The fourth-order valence-corrected chi connectivity index (χ4v) is 2.77. The molecule has 1 aliphatic carbocycles. The number of hydrogen-bond acceptors (Lipinski definition) is 3. The third-order valence-electron chi connectivity index (χ3n) is 4.71. The maximum absolute atomic E-state index is 12.2. The van der Waals surface area contributed by atoms with Crippen molar-refractivity contribution in [2.24, 2.45) is 16.7 Å². The molecular formula is C16H19NO2. The van der Waals surface area contributed by atoms with E-state index in [1.54, 1.807) is 12.1 Å². The molecule has 1 fully saturated rings. The molecule has 100 valence electrons. The van der Waals surface area contributed by atoms with Crippen LogP contribution < -0.4 is 0 Å². The molecule has 1 aromatic carbocycles. The molecule has 1 aromatic rings. The van der Waals surface area contributed by atoms with Gasteiger partial charge in [0.25, 0.3) is 0 Å². The Labute approximate surface area is 114 Å². The van der Waals surface area contributed by atoms with Gasteiger partial charge in [0.05, 0.1) is 5.92 Å². The first-order valence-corrected chi connectivity index (χ1v) is 6.47. The smallest absolute Gasteiger partial charge is 0.311 e. The molecule has 0 N–H and O–H groups in total. The van der Waals surface area contributed by atoms with E-state index >= 15 is 0 Å². The van der Waals surface area contributed by atoms with Gasteiger partial charge in [-0.15, -0.1) is 0 Å². The van der Waals surface area contributed by atoms with Crippen molar-refractivity contribution < 1.29 is 9.53 Å². The molecule has 1 saturated carbocycles. The van der Waals surface area contributed by atoms with Crippen LogP contribution in [0.1, 0.15) is 39.4 Å². The number of hydrogen-bond donors (Lipinski definition) is 0. The first kappa shape index (κ1) is 13.6. The summed E-state index contributed by atoms with van der Waals surface area (Å²) in [6, 6.07) is 11.2. The van der Waals surface area contributed by atoms with E-state index in [0.717, 1.165) is 5.56 Å². The van der Waals surface area contributed by atoms with Crippen LogP contribution in [0.4, 0.5) is 0 Å². The molecule has 1 unspecified atom stereocenters. The van der Waals surface area contributed by atoms with Gasteiger partial charge in [0.1, 0.15) is 6.07 Å². The van der Waals surface area contributed by atoms with Crippen molar-refractivity contribution in [3.05, 3.63) is 35.9 Å². The topological polar surface area (TPSA) is 50.1 Å². The second kappa shape index (κ2) is 4.38. The second-order valence-corrected chi connectivity index (χ2v) is 6.23. The Morgan fingerprint density at radius 1 is 1.21 bits per heavy atom. The third-order valence-corrected chi connectivity index (χ3v) is 4.71. The summed E-state index contributed by atoms with van der Waals surface area (Å²) in [6.45, 7) is 8.23. The minimum absolute atomic E-state index is 0.0687. The third kappa shape index (κ3) is 2.12. The van der Waals surface area contributed by atoms with E-state index in [2.05, 4.69) is 27.7 Å². The van der Waals surface area contributed by atoms with Crippen LogP contribution in [0.25, 0.3) is 0 Å². The van der Waals surface area contributed by atoms with E-state index in [-0.39, 0.29) is 22.7 Å².